The van der Waals surface area contributed by atoms with Crippen molar-refractivity contribution in [2.24, 2.45) is 0 Å². The Bertz CT molecular complexity index is 8.00. The minimum Gasteiger partial charge on any atom is 0 e. The molecule has 0 bridgehead atoms. The zero-order chi connectivity index (χ0) is 0. The summed E-state index contributed by atoms with van der Waals surface area (Å²) in [5.41, 5.74) is 0. The summed E-state index contributed by atoms with van der Waals surface area (Å²) in [5.74, 6) is 0. The molecule has 4 heavy (non-hydrogen) atoms. The van der Waals surface area contributed by atoms with Crippen LogP contribution in [0.25, 0.3) is 0 Å². The summed E-state index contributed by atoms with van der Waals surface area (Å²) in [6, 6.07) is 0. The Morgan fingerprint density at radius 2 is 1.00 bits per heavy atom. The molecule has 0 N–H and O–H groups in total. The van der Waals surface area contributed by atoms with Gasteiger partial charge in [-0.1, -0.05) is 0 Å². The Labute approximate surface area is 74.1 Å². The van der Waals surface area contributed by atoms with Gasteiger partial charge in [-0.2, -0.15) is 0 Å². The van der Waals surface area contributed by atoms with Crippen LogP contribution in [0.15, 0.2) is 0 Å². The van der Waals surface area contributed by atoms with Gasteiger partial charge in [0.2, 0.25) is 0 Å². The first-order valence-corrected chi connectivity index (χ1v) is 0. The smallest absolute Gasteiger partial charge is 0 e. The van der Waals surface area contributed by atoms with E-state index < -0.39 is 0 Å². The molecule has 0 spiro atoms. The van der Waals surface area contributed by atoms with Gasteiger partial charge in [-0.15, -0.1) is 0 Å². The van der Waals surface area contributed by atoms with Gasteiger partial charge in [0.15, 0.2) is 17.4 Å². The Morgan fingerprint density at radius 1 is 1.00 bits per heavy atom. The molecule has 0 aromatic heterocycles. The third-order valence-electron chi connectivity index (χ3n) is 0. The van der Waals surface area contributed by atoms with Crippen molar-refractivity contribution >= 4 is 48.8 Å². The molecule has 0 saturated heterocycles. The summed E-state index contributed by atoms with van der Waals surface area (Å²) in [6.45, 7) is 0. The molecular formula is H8AlBMgZr. The molecule has 0 nitrogen and oxygen atoms in total. The van der Waals surface area contributed by atoms with E-state index in [0.717, 1.165) is 0 Å². The first kappa shape index (κ1) is 34.1. The molecule has 0 aliphatic rings. The van der Waals surface area contributed by atoms with E-state index in [1.54, 1.807) is 0 Å². The molecular weight excluding hydrogens is 153 g/mol. The van der Waals surface area contributed by atoms with Crippen LogP contribution < -0.4 is 0 Å². The predicted octanol–water partition coefficient (Wildman–Crippen LogP) is -3.29. The molecule has 0 unspecified atom stereocenters. The van der Waals surface area contributed by atoms with Crippen LogP contribution in [0.3, 0.4) is 0 Å². The van der Waals surface area contributed by atoms with Crippen molar-refractivity contribution in [1.29, 1.82) is 0 Å². The molecule has 0 heterocycles. The first-order chi connectivity index (χ1) is 0. The standard InChI is InChI=1S/Al.BH3.Mg.Zr.5H/h;1H3;;;;;;;. The van der Waals surface area contributed by atoms with Gasteiger partial charge in [0.1, 0.15) is 0 Å². The van der Waals surface area contributed by atoms with Gasteiger partial charge in [0, 0.05) is 26.2 Å². The second-order valence-electron chi connectivity index (χ2n) is 0. The van der Waals surface area contributed by atoms with Gasteiger partial charge in [-0.25, -0.2) is 0 Å². The van der Waals surface area contributed by atoms with E-state index in [2.05, 4.69) is 0 Å². The van der Waals surface area contributed by atoms with Crippen molar-refractivity contribution in [3.8, 4) is 0 Å². The third-order valence-corrected chi connectivity index (χ3v) is 0. The van der Waals surface area contributed by atoms with Crippen molar-refractivity contribution < 1.29 is 26.2 Å². The summed E-state index contributed by atoms with van der Waals surface area (Å²) in [6.07, 6.45) is 0. The molecule has 0 fully saturated rings. The Hall–Kier alpha value is 2.25. The van der Waals surface area contributed by atoms with E-state index in [4.69, 9.17) is 0 Å². The summed E-state index contributed by atoms with van der Waals surface area (Å²) >= 11 is 0. The quantitative estimate of drug-likeness (QED) is 0.327. The van der Waals surface area contributed by atoms with Crippen LogP contribution in [0.4, 0.5) is 0 Å². The predicted molar refractivity (Wildman–Crippen MR) is 28.4 cm³/mol. The SMILES string of the molecule is B.[AlH3].[MgH2].[Zr]. The minimum atomic E-state index is 0. The first-order valence-electron chi connectivity index (χ1n) is 0. The zero-order valence-corrected chi connectivity index (χ0v) is 2.96. The van der Waals surface area contributed by atoms with E-state index in [0.29, 0.717) is 0 Å². The van der Waals surface area contributed by atoms with Crippen molar-refractivity contribution in [3.05, 3.63) is 0 Å². The molecule has 0 saturated carbocycles. The largest absolute Gasteiger partial charge is 0.316 e. The monoisotopic (exact) mass is 160 g/mol. The van der Waals surface area contributed by atoms with Crippen LogP contribution in [0.1, 0.15) is 0 Å². The van der Waals surface area contributed by atoms with Crippen molar-refractivity contribution in [3.63, 3.8) is 0 Å². The molecule has 0 rings (SSSR count). The zero-order valence-electron chi connectivity index (χ0n) is 0.500. The van der Waals surface area contributed by atoms with Gasteiger partial charge in [0.25, 0.3) is 0 Å². The summed E-state index contributed by atoms with van der Waals surface area (Å²) in [5, 5.41) is 0. The van der Waals surface area contributed by atoms with E-state index in [-0.39, 0.29) is 75.0 Å². The van der Waals surface area contributed by atoms with Crippen LogP contribution in [0, 0.1) is 0 Å². The Morgan fingerprint density at radius 3 is 1.00 bits per heavy atom. The molecule has 0 radical (unpaired) electrons. The summed E-state index contributed by atoms with van der Waals surface area (Å²) in [4.78, 5) is 0. The summed E-state index contributed by atoms with van der Waals surface area (Å²) in [7, 11) is 0. The molecule has 0 aliphatic carbocycles. The van der Waals surface area contributed by atoms with Crippen LogP contribution in [0.2, 0.25) is 0 Å². The van der Waals surface area contributed by atoms with Crippen molar-refractivity contribution in [1.82, 2.24) is 0 Å². The second-order valence-corrected chi connectivity index (χ2v) is 0. The van der Waals surface area contributed by atoms with Gasteiger partial charge in [-0.05, 0) is 0 Å². The molecule has 20 valence electrons. The maximum absolute atomic E-state index is 0. The molecule has 0 aromatic carbocycles. The molecule has 4 heteroatoms. The van der Waals surface area contributed by atoms with Crippen LogP contribution in [0.5, 0.6) is 0 Å². The van der Waals surface area contributed by atoms with E-state index in [9.17, 15) is 0 Å². The van der Waals surface area contributed by atoms with Crippen molar-refractivity contribution in [2.75, 3.05) is 0 Å². The van der Waals surface area contributed by atoms with E-state index >= 15 is 0 Å². The fourth-order valence-corrected chi connectivity index (χ4v) is 0. The van der Waals surface area contributed by atoms with E-state index in [1.807, 2.05) is 0 Å². The van der Waals surface area contributed by atoms with Gasteiger partial charge < -0.3 is 0 Å². The fourth-order valence-electron chi connectivity index (χ4n) is 0. The van der Waals surface area contributed by atoms with Crippen LogP contribution >= 0.6 is 0 Å². The maximum Gasteiger partial charge on any atom is 0.316 e. The molecule has 0 atom stereocenters. The number of hydrogen-bond donors (Lipinski definition) is 0. The van der Waals surface area contributed by atoms with Crippen LogP contribution in [-0.2, 0) is 26.2 Å². The van der Waals surface area contributed by atoms with Crippen LogP contribution in [-0.4, -0.2) is 48.8 Å². The molecule has 0 aliphatic heterocycles. The number of rotatable bonds is 0. The third kappa shape index (κ3) is 8.87. The number of hydrogen-bond acceptors (Lipinski definition) is 0. The van der Waals surface area contributed by atoms with Gasteiger partial charge >= 0.3 is 23.1 Å². The topological polar surface area (TPSA) is 0 Å². The Balaban J connectivity index is 0. The maximum atomic E-state index is 0. The second kappa shape index (κ2) is 18.7. The van der Waals surface area contributed by atoms with Gasteiger partial charge in [-0.3, -0.25) is 0 Å². The summed E-state index contributed by atoms with van der Waals surface area (Å²) < 4.78 is 0. The minimum absolute atomic E-state index is 0. The molecule has 0 amide bonds. The average molecular weight is 161 g/mol. The average Bonchev–Trinajstić information content (AvgIpc) is 0. The van der Waals surface area contributed by atoms with Gasteiger partial charge in [0.05, 0.1) is 8.41 Å². The Kier molecular flexibility index (Phi) is 160. The normalized spacial score (nSPS) is 0. The van der Waals surface area contributed by atoms with Crippen molar-refractivity contribution in [2.45, 2.75) is 0 Å². The molecule has 0 aromatic rings. The fraction of sp³-hybridized carbons (Fsp3) is 0. The van der Waals surface area contributed by atoms with E-state index in [1.165, 1.54) is 0 Å².